The van der Waals surface area contributed by atoms with Crippen LogP contribution in [-0.4, -0.2) is 43.3 Å². The first-order chi connectivity index (χ1) is 8.93. The first-order valence-electron chi connectivity index (χ1n) is 5.90. The molecule has 1 N–H and O–H groups in total. The van der Waals surface area contributed by atoms with E-state index in [-0.39, 0.29) is 29.0 Å². The molecule has 0 spiro atoms. The van der Waals surface area contributed by atoms with Crippen molar-refractivity contribution in [2.24, 2.45) is 0 Å². The van der Waals surface area contributed by atoms with E-state index in [0.717, 1.165) is 0 Å². The number of sulfonamides is 1. The van der Waals surface area contributed by atoms with Gasteiger partial charge in [-0.15, -0.1) is 12.4 Å². The molecular weight excluding hydrogens is 306 g/mol. The Bertz CT molecular complexity index is 593. The van der Waals surface area contributed by atoms with Crippen molar-refractivity contribution >= 4 is 28.1 Å². The van der Waals surface area contributed by atoms with E-state index in [0.29, 0.717) is 19.6 Å². The molecule has 1 aromatic rings. The summed E-state index contributed by atoms with van der Waals surface area (Å²) in [4.78, 5) is 10.0. The molecule has 0 amide bonds. The topological polar surface area (TPSA) is 92.5 Å². The van der Waals surface area contributed by atoms with E-state index < -0.39 is 14.9 Å². The molecule has 0 radical (unpaired) electrons. The molecule has 1 fully saturated rings. The van der Waals surface area contributed by atoms with Gasteiger partial charge in [-0.25, -0.2) is 8.42 Å². The number of nitro groups is 1. The Balaban J connectivity index is 0.00000200. The van der Waals surface area contributed by atoms with Crippen LogP contribution in [-0.2, 0) is 10.0 Å². The van der Waals surface area contributed by atoms with Gasteiger partial charge in [-0.05, 0) is 13.0 Å². The van der Waals surface area contributed by atoms with E-state index in [2.05, 4.69) is 5.32 Å². The molecule has 2 rings (SSSR count). The van der Waals surface area contributed by atoms with E-state index in [1.54, 1.807) is 0 Å². The molecule has 1 aliphatic rings. The molecule has 1 aromatic carbocycles. The van der Waals surface area contributed by atoms with Gasteiger partial charge in [-0.1, -0.05) is 12.1 Å². The van der Waals surface area contributed by atoms with Crippen molar-refractivity contribution in [3.05, 3.63) is 34.4 Å². The monoisotopic (exact) mass is 321 g/mol. The summed E-state index contributed by atoms with van der Waals surface area (Å²) in [5, 5.41) is 14.1. The normalized spacial score (nSPS) is 20.1. The molecule has 0 bridgehead atoms. The molecule has 0 aromatic heterocycles. The predicted octanol–water partition coefficient (Wildman–Crippen LogP) is 0.999. The fourth-order valence-corrected chi connectivity index (χ4v) is 3.77. The maximum Gasteiger partial charge on any atom is 0.289 e. The summed E-state index contributed by atoms with van der Waals surface area (Å²) < 4.78 is 26.2. The highest BCUT2D eigenvalue weighted by molar-refractivity contribution is 7.89. The molecule has 1 heterocycles. The largest absolute Gasteiger partial charge is 0.312 e. The zero-order valence-corrected chi connectivity index (χ0v) is 12.5. The van der Waals surface area contributed by atoms with Crippen molar-refractivity contribution in [1.82, 2.24) is 9.62 Å². The van der Waals surface area contributed by atoms with Gasteiger partial charge >= 0.3 is 0 Å². The number of piperazine rings is 1. The van der Waals surface area contributed by atoms with Crippen LogP contribution in [0.5, 0.6) is 0 Å². The molecule has 1 aliphatic heterocycles. The summed E-state index contributed by atoms with van der Waals surface area (Å²) in [6.45, 7) is 3.05. The number of benzene rings is 1. The Hall–Kier alpha value is -1.22. The lowest BCUT2D eigenvalue weighted by Crippen LogP contribution is -2.51. The quantitative estimate of drug-likeness (QED) is 0.662. The lowest BCUT2D eigenvalue weighted by Gasteiger charge is -2.30. The number of rotatable bonds is 3. The Morgan fingerprint density at radius 2 is 2.05 bits per heavy atom. The third-order valence-corrected chi connectivity index (χ3v) is 4.92. The molecule has 9 heteroatoms. The molecule has 112 valence electrons. The van der Waals surface area contributed by atoms with E-state index in [4.69, 9.17) is 0 Å². The van der Waals surface area contributed by atoms with Crippen LogP contribution in [0.4, 0.5) is 5.69 Å². The van der Waals surface area contributed by atoms with Crippen LogP contribution in [0.25, 0.3) is 0 Å². The van der Waals surface area contributed by atoms with Crippen molar-refractivity contribution in [1.29, 1.82) is 0 Å². The fraction of sp³-hybridized carbons (Fsp3) is 0.455. The zero-order valence-electron chi connectivity index (χ0n) is 10.9. The van der Waals surface area contributed by atoms with Crippen molar-refractivity contribution in [3.63, 3.8) is 0 Å². The molecular formula is C11H16ClN3O4S. The van der Waals surface area contributed by atoms with Crippen molar-refractivity contribution < 1.29 is 13.3 Å². The Kier molecular flexibility index (Phi) is 5.46. The maximum atomic E-state index is 12.5. The van der Waals surface area contributed by atoms with Crippen molar-refractivity contribution in [2.75, 3.05) is 19.6 Å². The average Bonchev–Trinajstić information content (AvgIpc) is 2.38. The zero-order chi connectivity index (χ0) is 14.0. The Labute approximate surface area is 123 Å². The number of hydrogen-bond acceptors (Lipinski definition) is 5. The van der Waals surface area contributed by atoms with Crippen molar-refractivity contribution in [2.45, 2.75) is 17.9 Å². The average molecular weight is 322 g/mol. The second-order valence-electron chi connectivity index (χ2n) is 4.44. The number of hydrogen-bond donors (Lipinski definition) is 1. The second-order valence-corrected chi connectivity index (χ2v) is 6.35. The Morgan fingerprint density at radius 3 is 2.65 bits per heavy atom. The van der Waals surface area contributed by atoms with Gasteiger partial charge in [0.25, 0.3) is 5.69 Å². The van der Waals surface area contributed by atoms with Gasteiger partial charge in [0.15, 0.2) is 4.90 Å². The van der Waals surface area contributed by atoms with Crippen LogP contribution in [0.2, 0.25) is 0 Å². The fourth-order valence-electron chi connectivity index (χ4n) is 2.08. The van der Waals surface area contributed by atoms with Crippen molar-refractivity contribution in [3.8, 4) is 0 Å². The molecule has 1 atom stereocenters. The molecule has 20 heavy (non-hydrogen) atoms. The predicted molar refractivity (Wildman–Crippen MR) is 76.6 cm³/mol. The highest BCUT2D eigenvalue weighted by Crippen LogP contribution is 2.26. The third-order valence-electron chi connectivity index (χ3n) is 3.01. The molecule has 1 saturated heterocycles. The van der Waals surface area contributed by atoms with Gasteiger partial charge in [-0.2, -0.15) is 4.31 Å². The van der Waals surface area contributed by atoms with Crippen LogP contribution in [0, 0.1) is 10.1 Å². The van der Waals surface area contributed by atoms with Crippen LogP contribution >= 0.6 is 12.4 Å². The minimum absolute atomic E-state index is 0. The van der Waals surface area contributed by atoms with E-state index in [9.17, 15) is 18.5 Å². The van der Waals surface area contributed by atoms with Gasteiger partial charge in [0.2, 0.25) is 10.0 Å². The first kappa shape index (κ1) is 16.8. The highest BCUT2D eigenvalue weighted by atomic mass is 35.5. The lowest BCUT2D eigenvalue weighted by atomic mass is 10.3. The number of nitro benzene ring substituents is 1. The summed E-state index contributed by atoms with van der Waals surface area (Å²) in [6.07, 6.45) is 0. The minimum atomic E-state index is -3.82. The summed E-state index contributed by atoms with van der Waals surface area (Å²) >= 11 is 0. The first-order valence-corrected chi connectivity index (χ1v) is 7.34. The smallest absolute Gasteiger partial charge is 0.289 e. The Morgan fingerprint density at radius 1 is 1.40 bits per heavy atom. The molecule has 7 nitrogen and oxygen atoms in total. The van der Waals surface area contributed by atoms with Crippen LogP contribution in [0.3, 0.4) is 0 Å². The number of nitrogens with one attached hydrogen (secondary N) is 1. The maximum absolute atomic E-state index is 12.5. The lowest BCUT2D eigenvalue weighted by molar-refractivity contribution is -0.387. The number of nitrogens with zero attached hydrogens (tertiary/aromatic N) is 2. The minimum Gasteiger partial charge on any atom is -0.312 e. The van der Waals surface area contributed by atoms with Gasteiger partial charge in [0.1, 0.15) is 0 Å². The summed E-state index contributed by atoms with van der Waals surface area (Å²) in [6, 6.07) is 5.47. The summed E-state index contributed by atoms with van der Waals surface area (Å²) in [5.41, 5.74) is -0.381. The van der Waals surface area contributed by atoms with Crippen LogP contribution in [0.1, 0.15) is 6.92 Å². The van der Waals surface area contributed by atoms with E-state index >= 15 is 0 Å². The second kappa shape index (κ2) is 6.49. The molecule has 0 unspecified atom stereocenters. The standard InChI is InChI=1S/C11H15N3O4S.ClH/c1-9-8-13(7-6-12-9)19(17,18)11-5-3-2-4-10(11)14(15)16;/h2-5,9,12H,6-8H2,1H3;1H/t9-;/m1./s1. The molecule has 0 aliphatic carbocycles. The highest BCUT2D eigenvalue weighted by Gasteiger charge is 2.33. The van der Waals surface area contributed by atoms with E-state index in [1.165, 1.54) is 28.6 Å². The van der Waals surface area contributed by atoms with Gasteiger partial charge in [-0.3, -0.25) is 10.1 Å². The SMILES string of the molecule is C[C@@H]1CN(S(=O)(=O)c2ccccc2[N+](=O)[O-])CCN1.Cl. The summed E-state index contributed by atoms with van der Waals surface area (Å²) in [7, 11) is -3.82. The summed E-state index contributed by atoms with van der Waals surface area (Å²) in [5.74, 6) is 0. The third kappa shape index (κ3) is 3.26. The van der Waals surface area contributed by atoms with Crippen LogP contribution in [0.15, 0.2) is 29.2 Å². The van der Waals surface area contributed by atoms with E-state index in [1.807, 2.05) is 6.92 Å². The number of halogens is 1. The molecule has 0 saturated carbocycles. The van der Waals surface area contributed by atoms with Crippen LogP contribution < -0.4 is 5.32 Å². The van der Waals surface area contributed by atoms with Gasteiger partial charge in [0, 0.05) is 31.7 Å². The van der Waals surface area contributed by atoms with Gasteiger partial charge in [0.05, 0.1) is 4.92 Å². The number of para-hydroxylation sites is 1. The van der Waals surface area contributed by atoms with Gasteiger partial charge < -0.3 is 5.32 Å².